The van der Waals surface area contributed by atoms with Gasteiger partial charge in [-0.05, 0) is 12.0 Å². The molecule has 0 unspecified atom stereocenters. The van der Waals surface area contributed by atoms with Gasteiger partial charge in [0.05, 0.1) is 19.4 Å². The van der Waals surface area contributed by atoms with Crippen LogP contribution in [0.25, 0.3) is 0 Å². The first-order chi connectivity index (χ1) is 5.68. The molecule has 3 nitrogen and oxygen atoms in total. The summed E-state index contributed by atoms with van der Waals surface area (Å²) in [6, 6.07) is 0. The minimum atomic E-state index is 0.547. The zero-order valence-electron chi connectivity index (χ0n) is 7.66. The van der Waals surface area contributed by atoms with Crippen LogP contribution < -0.4 is 5.73 Å². The van der Waals surface area contributed by atoms with Gasteiger partial charge in [-0.15, -0.1) is 0 Å². The molecule has 12 heavy (non-hydrogen) atoms. The Bertz CT molecular complexity index is 197. The molecule has 1 aliphatic heterocycles. The Kier molecular flexibility index (Phi) is 3.17. The molecule has 0 atom stereocenters. The van der Waals surface area contributed by atoms with E-state index in [4.69, 9.17) is 10.6 Å². The Morgan fingerprint density at radius 3 is 3.00 bits per heavy atom. The number of hydrogen-bond acceptors (Lipinski definition) is 3. The van der Waals surface area contributed by atoms with Crippen LogP contribution in [-0.4, -0.2) is 18.2 Å². The van der Waals surface area contributed by atoms with Crippen LogP contribution in [0.2, 0.25) is 0 Å². The van der Waals surface area contributed by atoms with Gasteiger partial charge < -0.3 is 5.73 Å². The fourth-order valence-electron chi connectivity index (χ4n) is 0.889. The third kappa shape index (κ3) is 2.96. The lowest BCUT2D eigenvalue weighted by molar-refractivity contribution is -0.123. The fraction of sp³-hybridized carbons (Fsp3) is 0.556. The first kappa shape index (κ1) is 9.13. The van der Waals surface area contributed by atoms with Gasteiger partial charge in [0, 0.05) is 5.70 Å². The first-order valence-corrected chi connectivity index (χ1v) is 4.22. The Morgan fingerprint density at radius 1 is 1.67 bits per heavy atom. The first-order valence-electron chi connectivity index (χ1n) is 4.22. The topological polar surface area (TPSA) is 38.5 Å². The van der Waals surface area contributed by atoms with Gasteiger partial charge in [-0.25, -0.2) is 0 Å². The number of nitrogens with two attached hydrogens (primary N) is 1. The molecule has 0 aromatic heterocycles. The summed E-state index contributed by atoms with van der Waals surface area (Å²) in [5, 5.41) is 1.76. The molecule has 0 aromatic carbocycles. The Balaban J connectivity index is 2.30. The van der Waals surface area contributed by atoms with Crippen LogP contribution in [0.4, 0.5) is 0 Å². The molecule has 0 saturated heterocycles. The van der Waals surface area contributed by atoms with Crippen LogP contribution in [-0.2, 0) is 4.84 Å². The van der Waals surface area contributed by atoms with E-state index in [9.17, 15) is 0 Å². The van der Waals surface area contributed by atoms with E-state index < -0.39 is 0 Å². The number of nitrogens with zero attached hydrogens (tertiary/aromatic N) is 1. The SMILES string of the molecule is CC(C)CON1C=C(N)C=CC1. The van der Waals surface area contributed by atoms with Crippen molar-refractivity contribution in [3.05, 3.63) is 24.0 Å². The normalized spacial score (nSPS) is 16.9. The molecule has 0 spiro atoms. The fourth-order valence-corrected chi connectivity index (χ4v) is 0.889. The summed E-state index contributed by atoms with van der Waals surface area (Å²) in [6.45, 7) is 5.75. The zero-order chi connectivity index (χ0) is 8.97. The Labute approximate surface area is 73.4 Å². The molecule has 0 saturated carbocycles. The van der Waals surface area contributed by atoms with Gasteiger partial charge in [-0.1, -0.05) is 19.9 Å². The van der Waals surface area contributed by atoms with E-state index in [1.54, 1.807) is 5.06 Å². The highest BCUT2D eigenvalue weighted by Gasteiger charge is 2.03. The molecule has 1 aliphatic rings. The molecule has 0 aromatic rings. The summed E-state index contributed by atoms with van der Waals surface area (Å²) in [5.74, 6) is 0.547. The van der Waals surface area contributed by atoms with Gasteiger partial charge in [-0.3, -0.25) is 9.90 Å². The standard InChI is InChI=1S/C9H16N2O/c1-8(2)7-12-11-5-3-4-9(10)6-11/h3-4,6,8H,5,7,10H2,1-2H3. The zero-order valence-corrected chi connectivity index (χ0v) is 7.66. The molecular weight excluding hydrogens is 152 g/mol. The van der Waals surface area contributed by atoms with Crippen LogP contribution in [0.3, 0.4) is 0 Å². The second-order valence-corrected chi connectivity index (χ2v) is 3.32. The summed E-state index contributed by atoms with van der Waals surface area (Å²) in [5.41, 5.74) is 6.32. The monoisotopic (exact) mass is 168 g/mol. The number of hydroxylamine groups is 2. The number of rotatable bonds is 3. The molecule has 68 valence electrons. The van der Waals surface area contributed by atoms with Crippen molar-refractivity contribution in [1.29, 1.82) is 0 Å². The van der Waals surface area contributed by atoms with Gasteiger partial charge >= 0.3 is 0 Å². The second-order valence-electron chi connectivity index (χ2n) is 3.32. The Morgan fingerprint density at radius 2 is 2.42 bits per heavy atom. The third-order valence-corrected chi connectivity index (χ3v) is 1.46. The molecule has 0 bridgehead atoms. The summed E-state index contributed by atoms with van der Waals surface area (Å²) in [6.07, 6.45) is 5.67. The minimum Gasteiger partial charge on any atom is -0.397 e. The van der Waals surface area contributed by atoms with Crippen LogP contribution >= 0.6 is 0 Å². The van der Waals surface area contributed by atoms with E-state index in [2.05, 4.69) is 13.8 Å². The van der Waals surface area contributed by atoms with Crippen molar-refractivity contribution < 1.29 is 4.84 Å². The number of allylic oxidation sites excluding steroid dienone is 1. The molecule has 0 amide bonds. The largest absolute Gasteiger partial charge is 0.397 e. The molecule has 3 heteroatoms. The maximum Gasteiger partial charge on any atom is 0.0771 e. The van der Waals surface area contributed by atoms with Crippen LogP contribution in [0.1, 0.15) is 13.8 Å². The van der Waals surface area contributed by atoms with E-state index in [1.807, 2.05) is 18.4 Å². The molecule has 0 fully saturated rings. The predicted molar refractivity (Wildman–Crippen MR) is 48.9 cm³/mol. The van der Waals surface area contributed by atoms with E-state index in [1.165, 1.54) is 0 Å². The average Bonchev–Trinajstić information content (AvgIpc) is 2.01. The lowest BCUT2D eigenvalue weighted by Gasteiger charge is -2.22. The van der Waals surface area contributed by atoms with Crippen molar-refractivity contribution in [1.82, 2.24) is 5.06 Å². The van der Waals surface area contributed by atoms with Crippen molar-refractivity contribution in [3.63, 3.8) is 0 Å². The minimum absolute atomic E-state index is 0.547. The average molecular weight is 168 g/mol. The lowest BCUT2D eigenvalue weighted by Crippen LogP contribution is -2.24. The molecule has 2 N–H and O–H groups in total. The smallest absolute Gasteiger partial charge is 0.0771 e. The van der Waals surface area contributed by atoms with Crippen molar-refractivity contribution in [2.24, 2.45) is 11.7 Å². The summed E-state index contributed by atoms with van der Waals surface area (Å²) < 4.78 is 0. The van der Waals surface area contributed by atoms with Crippen LogP contribution in [0.5, 0.6) is 0 Å². The maximum absolute atomic E-state index is 5.58. The summed E-state index contributed by atoms with van der Waals surface area (Å²) >= 11 is 0. The molecular formula is C9H16N2O. The van der Waals surface area contributed by atoms with Gasteiger partial charge in [0.25, 0.3) is 0 Å². The van der Waals surface area contributed by atoms with E-state index in [-0.39, 0.29) is 0 Å². The highest BCUT2D eigenvalue weighted by molar-refractivity contribution is 5.17. The van der Waals surface area contributed by atoms with Crippen molar-refractivity contribution >= 4 is 0 Å². The second kappa shape index (κ2) is 4.16. The highest BCUT2D eigenvalue weighted by atomic mass is 16.7. The van der Waals surface area contributed by atoms with Gasteiger partial charge in [0.1, 0.15) is 0 Å². The molecule has 1 heterocycles. The summed E-state index contributed by atoms with van der Waals surface area (Å²) in [7, 11) is 0. The van der Waals surface area contributed by atoms with Crippen molar-refractivity contribution in [2.45, 2.75) is 13.8 Å². The molecule has 1 rings (SSSR count). The van der Waals surface area contributed by atoms with Crippen LogP contribution in [0, 0.1) is 5.92 Å². The number of hydrogen-bond donors (Lipinski definition) is 1. The lowest BCUT2D eigenvalue weighted by atomic mass is 10.2. The van der Waals surface area contributed by atoms with Crippen molar-refractivity contribution in [2.75, 3.05) is 13.2 Å². The third-order valence-electron chi connectivity index (χ3n) is 1.46. The molecule has 0 aliphatic carbocycles. The van der Waals surface area contributed by atoms with Gasteiger partial charge in [-0.2, -0.15) is 0 Å². The van der Waals surface area contributed by atoms with Crippen LogP contribution in [0.15, 0.2) is 24.0 Å². The van der Waals surface area contributed by atoms with Gasteiger partial charge in [0.2, 0.25) is 0 Å². The van der Waals surface area contributed by atoms with Gasteiger partial charge in [0.15, 0.2) is 0 Å². The highest BCUT2D eigenvalue weighted by Crippen LogP contribution is 2.04. The van der Waals surface area contributed by atoms with E-state index in [0.717, 1.165) is 18.8 Å². The predicted octanol–water partition coefficient (Wildman–Crippen LogP) is 1.25. The van der Waals surface area contributed by atoms with E-state index in [0.29, 0.717) is 5.92 Å². The Hall–Kier alpha value is -0.960. The maximum atomic E-state index is 5.58. The molecule has 0 radical (unpaired) electrons. The van der Waals surface area contributed by atoms with E-state index >= 15 is 0 Å². The quantitative estimate of drug-likeness (QED) is 0.689. The van der Waals surface area contributed by atoms with Crippen molar-refractivity contribution in [3.8, 4) is 0 Å². The summed E-state index contributed by atoms with van der Waals surface area (Å²) in [4.78, 5) is 5.44.